The molecule has 8 heteroatoms. The van der Waals surface area contributed by atoms with Crippen molar-refractivity contribution in [2.45, 2.75) is 0 Å². The number of nitrogens with two attached hydrogens (primary N) is 1. The molecule has 0 saturated heterocycles. The van der Waals surface area contributed by atoms with E-state index in [1.807, 2.05) is 0 Å². The zero-order chi connectivity index (χ0) is 17.5. The molecular formula is C16H14Cl2N2O4. The van der Waals surface area contributed by atoms with Gasteiger partial charge >= 0.3 is 5.97 Å². The molecule has 2 aromatic rings. The smallest absolute Gasteiger partial charge is 0.372 e. The number of ether oxygens (including phenoxy) is 2. The maximum absolute atomic E-state index is 11.6. The highest BCUT2D eigenvalue weighted by molar-refractivity contribution is 6.35. The third-order valence-electron chi connectivity index (χ3n) is 2.87. The minimum atomic E-state index is -0.725. The highest BCUT2D eigenvalue weighted by Crippen LogP contribution is 2.27. The Morgan fingerprint density at radius 3 is 2.50 bits per heavy atom. The molecule has 0 bridgehead atoms. The zero-order valence-electron chi connectivity index (χ0n) is 12.7. The number of rotatable bonds is 6. The number of hydrogen-bond donors (Lipinski definition) is 1. The van der Waals surface area contributed by atoms with Crippen LogP contribution in [0.3, 0.4) is 0 Å². The van der Waals surface area contributed by atoms with Crippen molar-refractivity contribution in [2.24, 2.45) is 10.9 Å². The Morgan fingerprint density at radius 1 is 1.17 bits per heavy atom. The second-order valence-corrected chi connectivity index (χ2v) is 5.38. The maximum atomic E-state index is 11.6. The summed E-state index contributed by atoms with van der Waals surface area (Å²) in [5, 5.41) is 4.32. The van der Waals surface area contributed by atoms with Gasteiger partial charge in [-0.15, -0.1) is 0 Å². The van der Waals surface area contributed by atoms with Gasteiger partial charge in [-0.2, -0.15) is 0 Å². The molecule has 0 atom stereocenters. The Morgan fingerprint density at radius 2 is 1.88 bits per heavy atom. The van der Waals surface area contributed by atoms with Crippen LogP contribution in [0.15, 0.2) is 47.6 Å². The highest BCUT2D eigenvalue weighted by atomic mass is 35.5. The predicted octanol–water partition coefficient (Wildman–Crippen LogP) is 3.24. The Kier molecular flexibility index (Phi) is 6.28. The van der Waals surface area contributed by atoms with Crippen molar-refractivity contribution in [1.82, 2.24) is 0 Å². The van der Waals surface area contributed by atoms with Crippen LogP contribution >= 0.6 is 23.2 Å². The van der Waals surface area contributed by atoms with Crippen molar-refractivity contribution in [3.05, 3.63) is 58.1 Å². The first-order valence-electron chi connectivity index (χ1n) is 6.75. The van der Waals surface area contributed by atoms with Crippen LogP contribution in [0.25, 0.3) is 0 Å². The number of hydrogen-bond acceptors (Lipinski definition) is 5. The van der Waals surface area contributed by atoms with E-state index in [1.54, 1.807) is 43.5 Å². The summed E-state index contributed by atoms with van der Waals surface area (Å²) in [6.07, 6.45) is 0. The molecule has 126 valence electrons. The lowest BCUT2D eigenvalue weighted by Gasteiger charge is -2.06. The summed E-state index contributed by atoms with van der Waals surface area (Å²) in [6, 6.07) is 11.5. The maximum Gasteiger partial charge on any atom is 0.372 e. The van der Waals surface area contributed by atoms with Gasteiger partial charge < -0.3 is 20.0 Å². The summed E-state index contributed by atoms with van der Waals surface area (Å²) >= 11 is 11.7. The number of carbonyl (C=O) groups excluding carboxylic acids is 1. The Balaban J connectivity index is 1.89. The third kappa shape index (κ3) is 5.04. The summed E-state index contributed by atoms with van der Waals surface area (Å²) in [6.45, 7) is -0.374. The minimum Gasteiger partial charge on any atom is -0.497 e. The van der Waals surface area contributed by atoms with Crippen molar-refractivity contribution in [3.63, 3.8) is 0 Å². The van der Waals surface area contributed by atoms with Gasteiger partial charge in [-0.25, -0.2) is 4.79 Å². The Labute approximate surface area is 148 Å². The lowest BCUT2D eigenvalue weighted by molar-refractivity contribution is -0.146. The molecule has 0 aliphatic rings. The van der Waals surface area contributed by atoms with E-state index >= 15 is 0 Å². The summed E-state index contributed by atoms with van der Waals surface area (Å²) in [5.41, 5.74) is 6.33. The lowest BCUT2D eigenvalue weighted by atomic mass is 10.2. The third-order valence-corrected chi connectivity index (χ3v) is 3.40. The molecule has 0 unspecified atom stereocenters. The first-order chi connectivity index (χ1) is 11.5. The predicted molar refractivity (Wildman–Crippen MR) is 91.8 cm³/mol. The fraction of sp³-hybridized carbons (Fsp3) is 0.125. The number of oxime groups is 1. The van der Waals surface area contributed by atoms with E-state index in [9.17, 15) is 4.79 Å². The molecule has 6 nitrogen and oxygen atoms in total. The topological polar surface area (TPSA) is 83.1 Å². The standard InChI is InChI=1S/C16H14Cl2N2O4/c1-22-12-5-2-10(3-6-12)16(19)20-24-15(21)9-23-14-7-4-11(17)8-13(14)18/h2-8H,9H2,1H3,(H2,19,20). The summed E-state index contributed by atoms with van der Waals surface area (Å²) in [4.78, 5) is 16.3. The molecule has 0 aliphatic carbocycles. The van der Waals surface area contributed by atoms with Crippen LogP contribution < -0.4 is 15.2 Å². The van der Waals surface area contributed by atoms with E-state index in [1.165, 1.54) is 6.07 Å². The molecule has 0 aromatic heterocycles. The Bertz CT molecular complexity index is 748. The number of nitrogens with zero attached hydrogens (tertiary/aromatic N) is 1. The van der Waals surface area contributed by atoms with Crippen LogP contribution in [0, 0.1) is 0 Å². The minimum absolute atomic E-state index is 0.0514. The van der Waals surface area contributed by atoms with Gasteiger partial charge in [-0.1, -0.05) is 28.4 Å². The number of halogens is 2. The second kappa shape index (κ2) is 8.42. The number of carbonyl (C=O) groups is 1. The molecule has 0 fully saturated rings. The second-order valence-electron chi connectivity index (χ2n) is 4.53. The van der Waals surface area contributed by atoms with Crippen molar-refractivity contribution in [3.8, 4) is 11.5 Å². The first kappa shape index (κ1) is 17.9. The van der Waals surface area contributed by atoms with E-state index in [-0.39, 0.29) is 17.5 Å². The molecule has 2 rings (SSSR count). The molecule has 2 N–H and O–H groups in total. The van der Waals surface area contributed by atoms with Gasteiger partial charge in [0.1, 0.15) is 11.5 Å². The van der Waals surface area contributed by atoms with Crippen molar-refractivity contribution in [1.29, 1.82) is 0 Å². The van der Waals surface area contributed by atoms with Gasteiger partial charge in [0.2, 0.25) is 0 Å². The molecule has 0 amide bonds. The fourth-order valence-electron chi connectivity index (χ4n) is 1.67. The average molecular weight is 369 g/mol. The SMILES string of the molecule is COc1ccc(C(N)=NOC(=O)COc2ccc(Cl)cc2Cl)cc1. The van der Waals surface area contributed by atoms with Crippen LogP contribution in [0.1, 0.15) is 5.56 Å². The van der Waals surface area contributed by atoms with Crippen LogP contribution in [0.4, 0.5) is 0 Å². The van der Waals surface area contributed by atoms with E-state index in [0.717, 1.165) is 0 Å². The van der Waals surface area contributed by atoms with Gasteiger partial charge in [0, 0.05) is 10.6 Å². The van der Waals surface area contributed by atoms with E-state index in [4.69, 9.17) is 43.2 Å². The largest absolute Gasteiger partial charge is 0.497 e. The molecular weight excluding hydrogens is 355 g/mol. The average Bonchev–Trinajstić information content (AvgIpc) is 2.59. The molecule has 0 saturated carbocycles. The Hall–Kier alpha value is -2.44. The molecule has 2 aromatic carbocycles. The molecule has 0 spiro atoms. The van der Waals surface area contributed by atoms with Crippen LogP contribution in [0.5, 0.6) is 11.5 Å². The van der Waals surface area contributed by atoms with Gasteiger partial charge in [-0.3, -0.25) is 0 Å². The normalized spacial score (nSPS) is 11.0. The quantitative estimate of drug-likeness (QED) is 0.366. The number of methoxy groups -OCH3 is 1. The van der Waals surface area contributed by atoms with Crippen LogP contribution in [-0.4, -0.2) is 25.5 Å². The van der Waals surface area contributed by atoms with E-state index in [2.05, 4.69) is 5.16 Å². The first-order valence-corrected chi connectivity index (χ1v) is 7.51. The van der Waals surface area contributed by atoms with Gasteiger partial charge in [-0.05, 0) is 42.5 Å². The van der Waals surface area contributed by atoms with Crippen molar-refractivity contribution < 1.29 is 19.1 Å². The highest BCUT2D eigenvalue weighted by Gasteiger charge is 2.08. The van der Waals surface area contributed by atoms with Crippen LogP contribution in [0.2, 0.25) is 10.0 Å². The van der Waals surface area contributed by atoms with E-state index < -0.39 is 5.97 Å². The van der Waals surface area contributed by atoms with Gasteiger partial charge in [0.05, 0.1) is 12.1 Å². The molecule has 0 radical (unpaired) electrons. The lowest BCUT2D eigenvalue weighted by Crippen LogP contribution is -2.18. The monoisotopic (exact) mass is 368 g/mol. The molecule has 0 aliphatic heterocycles. The zero-order valence-corrected chi connectivity index (χ0v) is 14.2. The summed E-state index contributed by atoms with van der Waals surface area (Å²) < 4.78 is 10.3. The van der Waals surface area contributed by atoms with Gasteiger partial charge in [0.15, 0.2) is 12.4 Å². The van der Waals surface area contributed by atoms with Crippen LogP contribution in [-0.2, 0) is 9.63 Å². The molecule has 0 heterocycles. The fourth-order valence-corrected chi connectivity index (χ4v) is 2.13. The van der Waals surface area contributed by atoms with E-state index in [0.29, 0.717) is 22.1 Å². The molecule has 24 heavy (non-hydrogen) atoms. The summed E-state index contributed by atoms with van der Waals surface area (Å²) in [5.74, 6) is 0.315. The number of amidine groups is 1. The van der Waals surface area contributed by atoms with Crippen molar-refractivity contribution >= 4 is 35.0 Å². The van der Waals surface area contributed by atoms with Gasteiger partial charge in [0.25, 0.3) is 0 Å². The number of benzene rings is 2. The summed E-state index contributed by atoms with van der Waals surface area (Å²) in [7, 11) is 1.56. The van der Waals surface area contributed by atoms with Crippen molar-refractivity contribution in [2.75, 3.05) is 13.7 Å².